The van der Waals surface area contributed by atoms with Gasteiger partial charge in [-0.3, -0.25) is 0 Å². The van der Waals surface area contributed by atoms with E-state index in [-0.39, 0.29) is 5.41 Å². The van der Waals surface area contributed by atoms with Crippen molar-refractivity contribution in [2.75, 3.05) is 0 Å². The zero-order chi connectivity index (χ0) is 14.0. The van der Waals surface area contributed by atoms with Gasteiger partial charge in [0.15, 0.2) is 0 Å². The molecule has 2 aromatic rings. The average Bonchev–Trinajstić information content (AvgIpc) is 2.29. The lowest BCUT2D eigenvalue weighted by atomic mass is 9.87. The molecule has 1 aromatic heterocycles. The molecule has 0 aliphatic rings. The Bertz CT molecular complexity index is 565. The summed E-state index contributed by atoms with van der Waals surface area (Å²) in [6.45, 7) is 10.7. The summed E-state index contributed by atoms with van der Waals surface area (Å²) in [6, 6.07) is 9.36. The molecule has 2 heteroatoms. The molecule has 0 fully saturated rings. The number of aromatic nitrogens is 1. The summed E-state index contributed by atoms with van der Waals surface area (Å²) in [4.78, 5) is 3.68. The summed E-state index contributed by atoms with van der Waals surface area (Å²) in [5.74, 6) is -0.460. The lowest BCUT2D eigenvalue weighted by Crippen LogP contribution is -2.09. The van der Waals surface area contributed by atoms with Crippen LogP contribution in [0.2, 0.25) is 0 Å². The highest BCUT2D eigenvalue weighted by Crippen LogP contribution is 2.27. The normalized spacial score (nSPS) is 11.6. The van der Waals surface area contributed by atoms with E-state index in [1.807, 2.05) is 6.07 Å². The van der Waals surface area contributed by atoms with Crippen molar-refractivity contribution >= 4 is 0 Å². The van der Waals surface area contributed by atoms with E-state index in [9.17, 15) is 4.39 Å². The number of hydrogen-bond acceptors (Lipinski definition) is 1. The molecule has 19 heavy (non-hydrogen) atoms. The van der Waals surface area contributed by atoms with E-state index in [2.05, 4.69) is 44.8 Å². The van der Waals surface area contributed by atoms with Crippen LogP contribution in [0, 0.1) is 18.3 Å². The van der Waals surface area contributed by atoms with Gasteiger partial charge in [0.1, 0.15) is 0 Å². The first-order valence-electron chi connectivity index (χ1n) is 6.42. The topological polar surface area (TPSA) is 12.9 Å². The number of hydrogen-bond donors (Lipinski definition) is 0. The Morgan fingerprint density at radius 1 is 1.16 bits per heavy atom. The number of nitrogens with zero attached hydrogens (tertiary/aromatic N) is 1. The molecule has 1 radical (unpaired) electrons. The second-order valence-electron chi connectivity index (χ2n) is 6.10. The quantitative estimate of drug-likeness (QED) is 0.712. The van der Waals surface area contributed by atoms with Gasteiger partial charge >= 0.3 is 0 Å². The molecule has 0 N–H and O–H groups in total. The lowest BCUT2D eigenvalue weighted by Gasteiger charge is -2.19. The standard InChI is InChI=1S/C17H19FN/c1-12-9-13(10-17(2,3)4)5-7-15(12)14-6-8-16(18)19-11-14/h5-9,11H,1,10H2,2-4H3. The Hall–Kier alpha value is -1.70. The molecule has 99 valence electrons. The highest BCUT2D eigenvalue weighted by Gasteiger charge is 2.12. The van der Waals surface area contributed by atoms with Crippen molar-refractivity contribution in [3.05, 3.63) is 60.5 Å². The molecule has 0 atom stereocenters. The van der Waals surface area contributed by atoms with Gasteiger partial charge in [-0.2, -0.15) is 4.39 Å². The Kier molecular flexibility index (Phi) is 3.70. The maximum absolute atomic E-state index is 12.8. The van der Waals surface area contributed by atoms with E-state index in [0.717, 1.165) is 23.1 Å². The van der Waals surface area contributed by atoms with Crippen LogP contribution in [0.5, 0.6) is 0 Å². The Morgan fingerprint density at radius 3 is 2.42 bits per heavy atom. The van der Waals surface area contributed by atoms with Crippen LogP contribution in [-0.2, 0) is 6.42 Å². The third kappa shape index (κ3) is 3.63. The van der Waals surface area contributed by atoms with Crippen molar-refractivity contribution in [2.45, 2.75) is 27.2 Å². The molecule has 0 amide bonds. The molecule has 1 aromatic carbocycles. The fourth-order valence-corrected chi connectivity index (χ4v) is 2.19. The van der Waals surface area contributed by atoms with Crippen LogP contribution in [0.3, 0.4) is 0 Å². The van der Waals surface area contributed by atoms with E-state index in [1.165, 1.54) is 11.6 Å². The molecule has 0 saturated carbocycles. The van der Waals surface area contributed by atoms with Crippen LogP contribution in [0.1, 0.15) is 31.9 Å². The van der Waals surface area contributed by atoms with Gasteiger partial charge in [0.05, 0.1) is 0 Å². The van der Waals surface area contributed by atoms with Gasteiger partial charge in [-0.15, -0.1) is 0 Å². The molecular formula is C17H19FN. The van der Waals surface area contributed by atoms with E-state index >= 15 is 0 Å². The molecule has 1 heterocycles. The van der Waals surface area contributed by atoms with Crippen LogP contribution >= 0.6 is 0 Å². The van der Waals surface area contributed by atoms with E-state index in [1.54, 1.807) is 12.3 Å². The van der Waals surface area contributed by atoms with Gasteiger partial charge < -0.3 is 0 Å². The van der Waals surface area contributed by atoms with Crippen molar-refractivity contribution in [2.24, 2.45) is 5.41 Å². The van der Waals surface area contributed by atoms with E-state index < -0.39 is 5.95 Å². The van der Waals surface area contributed by atoms with Crippen LogP contribution in [0.15, 0.2) is 36.5 Å². The Labute approximate surface area is 114 Å². The van der Waals surface area contributed by atoms with Gasteiger partial charge in [0.25, 0.3) is 0 Å². The molecule has 0 aliphatic carbocycles. The molecule has 0 saturated heterocycles. The molecule has 2 rings (SSSR count). The summed E-state index contributed by atoms with van der Waals surface area (Å²) in [7, 11) is 0. The summed E-state index contributed by atoms with van der Waals surface area (Å²) in [5.41, 5.74) is 4.39. The summed E-state index contributed by atoms with van der Waals surface area (Å²) >= 11 is 0. The molecule has 1 nitrogen and oxygen atoms in total. The van der Waals surface area contributed by atoms with Crippen LogP contribution in [0.25, 0.3) is 11.1 Å². The van der Waals surface area contributed by atoms with Crippen molar-refractivity contribution in [3.63, 3.8) is 0 Å². The molecule has 0 spiro atoms. The predicted octanol–water partition coefficient (Wildman–Crippen LogP) is 4.66. The third-order valence-corrected chi connectivity index (χ3v) is 2.94. The number of rotatable bonds is 2. The SMILES string of the molecule is [CH2]c1cc(CC(C)(C)C)ccc1-c1ccc(F)nc1. The maximum Gasteiger partial charge on any atom is 0.212 e. The maximum atomic E-state index is 12.8. The smallest absolute Gasteiger partial charge is 0.212 e. The highest BCUT2D eigenvalue weighted by atomic mass is 19.1. The average molecular weight is 256 g/mol. The van der Waals surface area contributed by atoms with Gasteiger partial charge in [-0.05, 0) is 47.6 Å². The minimum atomic E-state index is -0.460. The van der Waals surface area contributed by atoms with Gasteiger partial charge in [-0.25, -0.2) is 4.98 Å². The highest BCUT2D eigenvalue weighted by molar-refractivity contribution is 5.67. The van der Waals surface area contributed by atoms with Crippen molar-refractivity contribution < 1.29 is 4.39 Å². The first-order valence-corrected chi connectivity index (χ1v) is 6.42. The van der Waals surface area contributed by atoms with E-state index in [4.69, 9.17) is 0 Å². The fourth-order valence-electron chi connectivity index (χ4n) is 2.19. The number of benzene rings is 1. The van der Waals surface area contributed by atoms with Gasteiger partial charge in [0, 0.05) is 11.8 Å². The first-order chi connectivity index (χ1) is 8.85. The van der Waals surface area contributed by atoms with Gasteiger partial charge in [0.2, 0.25) is 5.95 Å². The Balaban J connectivity index is 2.31. The summed E-state index contributed by atoms with van der Waals surface area (Å²) in [5, 5.41) is 0. The molecule has 0 aliphatic heterocycles. The lowest BCUT2D eigenvalue weighted by molar-refractivity contribution is 0.411. The van der Waals surface area contributed by atoms with Crippen molar-refractivity contribution in [3.8, 4) is 11.1 Å². The van der Waals surface area contributed by atoms with Gasteiger partial charge in [-0.1, -0.05) is 39.0 Å². The number of halogens is 1. The van der Waals surface area contributed by atoms with E-state index in [0.29, 0.717) is 0 Å². The second-order valence-corrected chi connectivity index (χ2v) is 6.10. The van der Waals surface area contributed by atoms with Crippen molar-refractivity contribution in [1.82, 2.24) is 4.98 Å². The third-order valence-electron chi connectivity index (χ3n) is 2.94. The van der Waals surface area contributed by atoms with Crippen LogP contribution in [0.4, 0.5) is 4.39 Å². The van der Waals surface area contributed by atoms with Crippen molar-refractivity contribution in [1.29, 1.82) is 0 Å². The minimum Gasteiger partial charge on any atom is -0.228 e. The second kappa shape index (κ2) is 5.12. The predicted molar refractivity (Wildman–Crippen MR) is 77.2 cm³/mol. The van der Waals surface area contributed by atoms with Crippen LogP contribution in [-0.4, -0.2) is 4.98 Å². The molecule has 0 bridgehead atoms. The largest absolute Gasteiger partial charge is 0.228 e. The zero-order valence-corrected chi connectivity index (χ0v) is 11.7. The summed E-state index contributed by atoms with van der Waals surface area (Å²) in [6.07, 6.45) is 2.56. The minimum absolute atomic E-state index is 0.255. The van der Waals surface area contributed by atoms with Crippen LogP contribution < -0.4 is 0 Å². The number of pyridine rings is 1. The molecular weight excluding hydrogens is 237 g/mol. The zero-order valence-electron chi connectivity index (χ0n) is 11.7. The first kappa shape index (κ1) is 13.7. The fraction of sp³-hybridized carbons (Fsp3) is 0.294. The monoisotopic (exact) mass is 256 g/mol. The summed E-state index contributed by atoms with van der Waals surface area (Å²) < 4.78 is 12.8. The molecule has 0 unspecified atom stereocenters. The Morgan fingerprint density at radius 2 is 1.89 bits per heavy atom.